The topological polar surface area (TPSA) is 49.3 Å². The van der Waals surface area contributed by atoms with E-state index < -0.39 is 5.97 Å². The van der Waals surface area contributed by atoms with Gasteiger partial charge in [0, 0.05) is 11.7 Å². The van der Waals surface area contributed by atoms with Gasteiger partial charge in [-0.15, -0.1) is 0 Å². The number of carbonyl (C=O) groups is 1. The number of rotatable bonds is 4. The van der Waals surface area contributed by atoms with E-state index in [0.29, 0.717) is 5.56 Å². The summed E-state index contributed by atoms with van der Waals surface area (Å²) in [6.45, 7) is 6.13. The van der Waals surface area contributed by atoms with Gasteiger partial charge in [-0.3, -0.25) is 0 Å². The summed E-state index contributed by atoms with van der Waals surface area (Å²) in [5.74, 6) is -0.906. The van der Waals surface area contributed by atoms with Crippen molar-refractivity contribution in [3.63, 3.8) is 0 Å². The van der Waals surface area contributed by atoms with Crippen LogP contribution in [0, 0.1) is 13.8 Å². The van der Waals surface area contributed by atoms with Crippen molar-refractivity contribution in [2.75, 3.05) is 5.32 Å². The van der Waals surface area contributed by atoms with Crippen LogP contribution < -0.4 is 5.32 Å². The molecular weight excluding hydrogens is 250 g/mol. The van der Waals surface area contributed by atoms with Crippen LogP contribution in [0.2, 0.25) is 0 Å². The van der Waals surface area contributed by atoms with Crippen LogP contribution in [-0.2, 0) is 0 Å². The van der Waals surface area contributed by atoms with Gasteiger partial charge in [-0.1, -0.05) is 30.3 Å². The van der Waals surface area contributed by atoms with Crippen LogP contribution in [0.1, 0.15) is 40.0 Å². The molecular formula is C17H19NO2. The number of hydrogen-bond donors (Lipinski definition) is 2. The summed E-state index contributed by atoms with van der Waals surface area (Å²) in [7, 11) is 0. The van der Waals surface area contributed by atoms with Gasteiger partial charge in [-0.05, 0) is 49.6 Å². The van der Waals surface area contributed by atoms with Gasteiger partial charge < -0.3 is 10.4 Å². The lowest BCUT2D eigenvalue weighted by atomic mass is 10.0. The van der Waals surface area contributed by atoms with E-state index >= 15 is 0 Å². The van der Waals surface area contributed by atoms with Crippen LogP contribution in [-0.4, -0.2) is 11.1 Å². The molecule has 3 nitrogen and oxygen atoms in total. The van der Waals surface area contributed by atoms with Crippen molar-refractivity contribution < 1.29 is 9.90 Å². The molecule has 2 rings (SSSR count). The van der Waals surface area contributed by atoms with Crippen LogP contribution in [0.15, 0.2) is 42.5 Å². The second kappa shape index (κ2) is 5.78. The Morgan fingerprint density at radius 2 is 1.80 bits per heavy atom. The highest BCUT2D eigenvalue weighted by Crippen LogP contribution is 2.25. The Morgan fingerprint density at radius 1 is 1.10 bits per heavy atom. The highest BCUT2D eigenvalue weighted by Gasteiger charge is 2.11. The first-order chi connectivity index (χ1) is 9.49. The van der Waals surface area contributed by atoms with Crippen molar-refractivity contribution in [3.05, 3.63) is 64.7 Å². The average molecular weight is 269 g/mol. The molecule has 2 N–H and O–H groups in total. The molecule has 20 heavy (non-hydrogen) atoms. The molecule has 2 aromatic rings. The lowest BCUT2D eigenvalue weighted by molar-refractivity contribution is 0.0697. The first-order valence-corrected chi connectivity index (χ1v) is 6.65. The van der Waals surface area contributed by atoms with Gasteiger partial charge in [-0.2, -0.15) is 0 Å². The van der Waals surface area contributed by atoms with Gasteiger partial charge in [0.1, 0.15) is 0 Å². The minimum absolute atomic E-state index is 0.124. The SMILES string of the molecule is Cc1ccc(C(=O)O)cc1NC(C)c1ccccc1C. The van der Waals surface area contributed by atoms with E-state index in [2.05, 4.69) is 31.3 Å². The fourth-order valence-electron chi connectivity index (χ4n) is 2.29. The second-order valence-corrected chi connectivity index (χ2v) is 5.06. The number of carboxylic acids is 1. The highest BCUT2D eigenvalue weighted by molar-refractivity contribution is 5.89. The van der Waals surface area contributed by atoms with Crippen molar-refractivity contribution in [1.29, 1.82) is 0 Å². The number of anilines is 1. The quantitative estimate of drug-likeness (QED) is 0.875. The number of hydrogen-bond acceptors (Lipinski definition) is 2. The van der Waals surface area contributed by atoms with E-state index in [1.807, 2.05) is 25.1 Å². The summed E-state index contributed by atoms with van der Waals surface area (Å²) in [6, 6.07) is 13.5. The monoisotopic (exact) mass is 269 g/mol. The molecule has 0 saturated heterocycles. The zero-order chi connectivity index (χ0) is 14.7. The summed E-state index contributed by atoms with van der Waals surface area (Å²) < 4.78 is 0. The summed E-state index contributed by atoms with van der Waals surface area (Å²) in [5.41, 5.74) is 4.64. The van der Waals surface area contributed by atoms with Gasteiger partial charge in [-0.25, -0.2) is 4.79 Å². The highest BCUT2D eigenvalue weighted by atomic mass is 16.4. The normalized spacial score (nSPS) is 11.9. The van der Waals surface area contributed by atoms with Crippen molar-refractivity contribution in [3.8, 4) is 0 Å². The minimum atomic E-state index is -0.906. The molecule has 0 aromatic heterocycles. The number of carboxylic acid groups (broad SMARTS) is 1. The third-order valence-corrected chi connectivity index (χ3v) is 3.51. The molecule has 0 heterocycles. The maximum absolute atomic E-state index is 11.0. The van der Waals surface area contributed by atoms with E-state index in [1.54, 1.807) is 12.1 Å². The summed E-state index contributed by atoms with van der Waals surface area (Å²) in [4.78, 5) is 11.0. The summed E-state index contributed by atoms with van der Waals surface area (Å²) in [5, 5.41) is 12.5. The number of aryl methyl sites for hydroxylation is 2. The van der Waals surface area contributed by atoms with Crippen LogP contribution >= 0.6 is 0 Å². The molecule has 2 aromatic carbocycles. The molecule has 0 bridgehead atoms. The van der Waals surface area contributed by atoms with Crippen molar-refractivity contribution in [2.45, 2.75) is 26.8 Å². The third-order valence-electron chi connectivity index (χ3n) is 3.51. The molecule has 1 unspecified atom stereocenters. The largest absolute Gasteiger partial charge is 0.478 e. The molecule has 0 saturated carbocycles. The Morgan fingerprint density at radius 3 is 2.45 bits per heavy atom. The van der Waals surface area contributed by atoms with Gasteiger partial charge in [0.25, 0.3) is 0 Å². The number of benzene rings is 2. The fourth-order valence-corrected chi connectivity index (χ4v) is 2.29. The summed E-state index contributed by atoms with van der Waals surface area (Å²) in [6.07, 6.45) is 0. The van der Waals surface area contributed by atoms with Gasteiger partial charge >= 0.3 is 5.97 Å². The Hall–Kier alpha value is -2.29. The lowest BCUT2D eigenvalue weighted by Gasteiger charge is -2.19. The Labute approximate surface area is 119 Å². The minimum Gasteiger partial charge on any atom is -0.478 e. The lowest BCUT2D eigenvalue weighted by Crippen LogP contribution is -2.10. The zero-order valence-corrected chi connectivity index (χ0v) is 12.0. The number of aromatic carboxylic acids is 1. The van der Waals surface area contributed by atoms with Crippen molar-refractivity contribution in [1.82, 2.24) is 0 Å². The Bertz CT molecular complexity index is 635. The van der Waals surface area contributed by atoms with Crippen LogP contribution in [0.3, 0.4) is 0 Å². The van der Waals surface area contributed by atoms with Gasteiger partial charge in [0.15, 0.2) is 0 Å². The second-order valence-electron chi connectivity index (χ2n) is 5.06. The van der Waals surface area contributed by atoms with Crippen LogP contribution in [0.4, 0.5) is 5.69 Å². The van der Waals surface area contributed by atoms with E-state index in [9.17, 15) is 4.79 Å². The van der Waals surface area contributed by atoms with Crippen molar-refractivity contribution in [2.24, 2.45) is 0 Å². The molecule has 0 spiro atoms. The Balaban J connectivity index is 2.28. The summed E-state index contributed by atoms with van der Waals surface area (Å²) >= 11 is 0. The molecule has 104 valence electrons. The average Bonchev–Trinajstić information content (AvgIpc) is 2.41. The Kier molecular flexibility index (Phi) is 4.08. The molecule has 0 fully saturated rings. The maximum atomic E-state index is 11.0. The van der Waals surface area contributed by atoms with Gasteiger partial charge in [0.2, 0.25) is 0 Å². The fraction of sp³-hybridized carbons (Fsp3) is 0.235. The molecule has 3 heteroatoms. The van der Waals surface area contributed by atoms with E-state index in [-0.39, 0.29) is 6.04 Å². The van der Waals surface area contributed by atoms with E-state index in [0.717, 1.165) is 11.3 Å². The predicted octanol–water partition coefficient (Wildman–Crippen LogP) is 4.17. The molecule has 0 amide bonds. The standard InChI is InChI=1S/C17H19NO2/c1-11-6-4-5-7-15(11)13(3)18-16-10-14(17(19)20)9-8-12(16)2/h4-10,13,18H,1-3H3,(H,19,20). The molecule has 0 aliphatic rings. The molecule has 0 radical (unpaired) electrons. The van der Waals surface area contributed by atoms with Crippen LogP contribution in [0.25, 0.3) is 0 Å². The van der Waals surface area contributed by atoms with E-state index in [4.69, 9.17) is 5.11 Å². The third kappa shape index (κ3) is 2.99. The van der Waals surface area contributed by atoms with Gasteiger partial charge in [0.05, 0.1) is 5.56 Å². The molecule has 0 aliphatic heterocycles. The first-order valence-electron chi connectivity index (χ1n) is 6.65. The smallest absolute Gasteiger partial charge is 0.335 e. The number of nitrogens with one attached hydrogen (secondary N) is 1. The van der Waals surface area contributed by atoms with Crippen LogP contribution in [0.5, 0.6) is 0 Å². The molecule has 1 atom stereocenters. The zero-order valence-electron chi connectivity index (χ0n) is 12.0. The predicted molar refractivity (Wildman–Crippen MR) is 81.4 cm³/mol. The van der Waals surface area contributed by atoms with Crippen molar-refractivity contribution >= 4 is 11.7 Å². The maximum Gasteiger partial charge on any atom is 0.335 e. The van der Waals surface area contributed by atoms with E-state index in [1.165, 1.54) is 11.1 Å². The molecule has 0 aliphatic carbocycles. The first kappa shape index (κ1) is 14.1.